The molecular formula is C81H110. The summed E-state index contributed by atoms with van der Waals surface area (Å²) in [7, 11) is 0. The van der Waals surface area contributed by atoms with Crippen LogP contribution in [-0.2, 0) is 0 Å². The fourth-order valence-electron chi connectivity index (χ4n) is 41.0. The molecule has 27 fully saturated rings. The maximum Gasteiger partial charge on any atom is -0.0312 e. The van der Waals surface area contributed by atoms with Crippen molar-refractivity contribution < 1.29 is 0 Å². The van der Waals surface area contributed by atoms with Crippen LogP contribution in [0.4, 0.5) is 0 Å². The van der Waals surface area contributed by atoms with Crippen LogP contribution in [0.3, 0.4) is 0 Å². The fourth-order valence-corrected chi connectivity index (χ4v) is 41.0. The topological polar surface area (TPSA) is 0 Å². The average Bonchev–Trinajstić information content (AvgIpc) is 2.14. The minimum Gasteiger partial charge on any atom is -0.0533 e. The predicted octanol–water partition coefficient (Wildman–Crippen LogP) is 17.7. The van der Waals surface area contributed by atoms with Crippen LogP contribution < -0.4 is 0 Å². The zero-order chi connectivity index (χ0) is 50.5. The van der Waals surface area contributed by atoms with E-state index >= 15 is 0 Å². The van der Waals surface area contributed by atoms with Gasteiger partial charge in [0, 0.05) is 0 Å². The molecule has 0 saturated heterocycles. The Balaban J connectivity index is 0.421. The summed E-state index contributed by atoms with van der Waals surface area (Å²) in [6, 6.07) is 0. The molecule has 0 aromatic carbocycles. The third-order valence-corrected chi connectivity index (χ3v) is 42.9. The molecule has 27 rings (SSSR count). The van der Waals surface area contributed by atoms with E-state index in [1.54, 1.807) is 186 Å². The van der Waals surface area contributed by atoms with E-state index in [4.69, 9.17) is 0 Å². The van der Waals surface area contributed by atoms with Crippen molar-refractivity contribution in [1.29, 1.82) is 0 Å². The quantitative estimate of drug-likeness (QED) is 0.223. The first-order valence-electron chi connectivity index (χ1n) is 40.2. The van der Waals surface area contributed by atoms with Gasteiger partial charge in [0.2, 0.25) is 0 Å². The Kier molecular flexibility index (Phi) is 8.15. The molecule has 0 aliphatic heterocycles. The van der Waals surface area contributed by atoms with E-state index in [0.717, 1.165) is 0 Å². The third-order valence-electron chi connectivity index (χ3n) is 42.9. The average molecular weight is 1080 g/mol. The molecule has 0 heteroatoms. The first kappa shape index (κ1) is 45.3. The van der Waals surface area contributed by atoms with Gasteiger partial charge in [-0.3, -0.25) is 0 Å². The molecule has 27 aliphatic carbocycles. The molecule has 0 radical (unpaired) electrons. The largest absolute Gasteiger partial charge is 0.0533 e. The molecule has 0 spiro atoms. The van der Waals surface area contributed by atoms with Crippen molar-refractivity contribution in [3.05, 3.63) is 0 Å². The highest BCUT2D eigenvalue weighted by Crippen LogP contribution is 2.92. The van der Waals surface area contributed by atoms with Crippen LogP contribution in [0.25, 0.3) is 0 Å². The van der Waals surface area contributed by atoms with E-state index < -0.39 is 0 Å². The lowest BCUT2D eigenvalue weighted by Gasteiger charge is -2.90. The van der Waals surface area contributed by atoms with E-state index in [1.807, 2.05) is 0 Å². The summed E-state index contributed by atoms with van der Waals surface area (Å²) in [5.41, 5.74) is 0. The Morgan fingerprint density at radius 2 is 0.519 bits per heavy atom. The van der Waals surface area contributed by atoms with E-state index in [-0.39, 0.29) is 0 Å². The molecule has 27 aliphatic rings. The lowest BCUT2D eigenvalue weighted by molar-refractivity contribution is -0.426. The van der Waals surface area contributed by atoms with Crippen molar-refractivity contribution in [3.8, 4) is 0 Å². The normalized spacial score (nSPS) is 77.5. The minimum absolute atomic E-state index is 1.17. The third kappa shape index (κ3) is 4.61. The van der Waals surface area contributed by atoms with Gasteiger partial charge in [-0.05, 0) is 443 Å². The molecular weight excluding hydrogens is 973 g/mol. The van der Waals surface area contributed by atoms with Crippen molar-refractivity contribution in [2.75, 3.05) is 0 Å². The predicted molar refractivity (Wildman–Crippen MR) is 315 cm³/mol. The van der Waals surface area contributed by atoms with E-state index in [9.17, 15) is 0 Å². The fraction of sp³-hybridized carbons (Fsp3) is 1.00. The van der Waals surface area contributed by atoms with E-state index in [2.05, 4.69) is 0 Å². The summed E-state index contributed by atoms with van der Waals surface area (Å²) in [6.45, 7) is 0. The summed E-state index contributed by atoms with van der Waals surface area (Å²) in [6.07, 6.45) is 48.5. The molecule has 0 nitrogen and oxygen atoms in total. The summed E-state index contributed by atoms with van der Waals surface area (Å²) < 4.78 is 0. The summed E-state index contributed by atoms with van der Waals surface area (Å²) >= 11 is 0. The highest BCUT2D eigenvalue weighted by Gasteiger charge is 2.87. The van der Waals surface area contributed by atoms with Crippen LogP contribution in [-0.4, -0.2) is 0 Å². The molecule has 0 heterocycles. The summed E-state index contributed by atoms with van der Waals surface area (Å²) in [5, 5.41) is 0. The monoisotopic (exact) mass is 1080 g/mol. The van der Waals surface area contributed by atoms with Gasteiger partial charge in [0.1, 0.15) is 0 Å². The highest BCUT2D eigenvalue weighted by molar-refractivity contribution is 5.35. The molecule has 0 aromatic heterocycles. The Morgan fingerprint density at radius 3 is 1.25 bits per heavy atom. The molecule has 0 amide bonds. The van der Waals surface area contributed by atoms with Gasteiger partial charge in [-0.1, -0.05) is 51.4 Å². The number of hydrogen-bond donors (Lipinski definition) is 0. The van der Waals surface area contributed by atoms with Gasteiger partial charge in [0.25, 0.3) is 0 Å². The van der Waals surface area contributed by atoms with Crippen LogP contribution in [0.5, 0.6) is 0 Å². The number of fused-ring (bicyclic) bond motifs is 51. The van der Waals surface area contributed by atoms with Crippen LogP contribution in [0.15, 0.2) is 0 Å². The molecule has 0 aromatic rings. The van der Waals surface area contributed by atoms with Crippen LogP contribution in [0, 0.1) is 308 Å². The summed E-state index contributed by atoms with van der Waals surface area (Å²) in [4.78, 5) is 0. The lowest BCUT2D eigenvalue weighted by Crippen LogP contribution is -2.86. The molecule has 434 valence electrons. The van der Waals surface area contributed by atoms with Crippen molar-refractivity contribution >= 4 is 0 Å². The highest BCUT2D eigenvalue weighted by atomic mass is 14.9. The molecule has 0 bridgehead atoms. The number of rotatable bonds is 7. The van der Waals surface area contributed by atoms with Gasteiger partial charge in [-0.15, -0.1) is 0 Å². The van der Waals surface area contributed by atoms with Crippen molar-refractivity contribution in [1.82, 2.24) is 0 Å². The van der Waals surface area contributed by atoms with Gasteiger partial charge in [-0.2, -0.15) is 0 Å². The van der Waals surface area contributed by atoms with Gasteiger partial charge >= 0.3 is 0 Å². The maximum atomic E-state index is 1.78. The Labute approximate surface area is 491 Å². The van der Waals surface area contributed by atoms with Gasteiger partial charge < -0.3 is 0 Å². The molecule has 27 saturated carbocycles. The second-order valence-electron chi connectivity index (χ2n) is 41.1. The molecule has 52 unspecified atom stereocenters. The second-order valence-corrected chi connectivity index (χ2v) is 41.1. The standard InChI is InChI=1S/C81H110/c1-2-4-6-10-39-38(9-5-3-1)65-67(39)79-74(65)58-29-57-62-50-23-42-30(19-31(42)20-46(50)69(62)72(57)75(58)79)15-16-41-44(21-32-22-45-51-26-52(61(51)59(32)45)49-25-47-34-12-8-13-37(34)60(47)49)70-68(41)80-76-56-28-54(64(56)78(76)81(70)80)53-27-55-63(53)77-71-48-24-43-33(35-17-18-36(35)43)11-7-14-40(48)66(71)73(55)77/h30-81H,1-29H2. The van der Waals surface area contributed by atoms with Crippen LogP contribution >= 0.6 is 0 Å². The lowest BCUT2D eigenvalue weighted by atomic mass is 9.15. The van der Waals surface area contributed by atoms with Crippen LogP contribution in [0.1, 0.15) is 186 Å². The van der Waals surface area contributed by atoms with E-state index in [0.29, 0.717) is 0 Å². The Bertz CT molecular complexity index is 2790. The summed E-state index contributed by atoms with van der Waals surface area (Å²) in [5.74, 6) is 64.3. The SMILES string of the molecule is C1CCCCC2C(CCC1)C1C2C2C3C(CC4C5C6CC7C(CCC8C(CC9CC%10C%11CC(C%12CC%13C%14CCCC%14C%13%12)C%11C9%10)C9C8C8C%10C%11CC(C%12CC%13C%12C%12C%14C%15CC%16C(CCCC%15C%14C%13%12)C%12CCC%12%16)C%11C%10C98)CC7CC6C5C43)C12. The van der Waals surface area contributed by atoms with Crippen molar-refractivity contribution in [2.45, 2.75) is 186 Å². The van der Waals surface area contributed by atoms with Gasteiger partial charge in [-0.25, -0.2) is 0 Å². The smallest absolute Gasteiger partial charge is 0.0312 e. The minimum atomic E-state index is 1.17. The zero-order valence-corrected chi connectivity index (χ0v) is 50.5. The van der Waals surface area contributed by atoms with Crippen LogP contribution in [0.2, 0.25) is 0 Å². The first-order chi connectivity index (χ1) is 40.2. The van der Waals surface area contributed by atoms with Gasteiger partial charge in [0.05, 0.1) is 0 Å². The zero-order valence-electron chi connectivity index (χ0n) is 50.5. The second kappa shape index (κ2) is 14.6. The van der Waals surface area contributed by atoms with Crippen molar-refractivity contribution in [2.24, 2.45) is 308 Å². The first-order valence-corrected chi connectivity index (χ1v) is 40.2. The molecule has 81 heavy (non-hydrogen) atoms. The number of hydrogen-bond acceptors (Lipinski definition) is 0. The van der Waals surface area contributed by atoms with E-state index in [1.165, 1.54) is 308 Å². The van der Waals surface area contributed by atoms with Crippen molar-refractivity contribution in [3.63, 3.8) is 0 Å². The molecule has 0 N–H and O–H groups in total. The Morgan fingerprint density at radius 1 is 0.160 bits per heavy atom. The maximum absolute atomic E-state index is 1.78. The Hall–Kier alpha value is 0. The van der Waals surface area contributed by atoms with Gasteiger partial charge in [0.15, 0.2) is 0 Å². The molecule has 52 atom stereocenters.